The number of amides is 1. The molecule has 1 fully saturated rings. The van der Waals surface area contributed by atoms with Gasteiger partial charge in [0.25, 0.3) is 5.91 Å². The van der Waals surface area contributed by atoms with E-state index in [9.17, 15) is 4.79 Å². The maximum Gasteiger partial charge on any atom is 0.253 e. The molecule has 0 saturated carbocycles. The van der Waals surface area contributed by atoms with Crippen LogP contribution in [0.25, 0.3) is 16.9 Å². The van der Waals surface area contributed by atoms with Crippen molar-refractivity contribution in [1.82, 2.24) is 14.8 Å². The highest BCUT2D eigenvalue weighted by atomic mass is 35.5. The number of hydrogen-bond donors (Lipinski definition) is 1. The van der Waals surface area contributed by atoms with Gasteiger partial charge in [0.15, 0.2) is 0 Å². The number of carbonyl (C=O) groups excluding carboxylic acids is 1. The molecule has 1 N–H and O–H groups in total. The number of rotatable bonds is 8. The van der Waals surface area contributed by atoms with Gasteiger partial charge in [0.2, 0.25) is 0 Å². The summed E-state index contributed by atoms with van der Waals surface area (Å²) in [6, 6.07) is 18.2. The number of nitrogens with one attached hydrogen (secondary N) is 1. The molecule has 0 bridgehead atoms. The van der Waals surface area contributed by atoms with Crippen molar-refractivity contribution in [3.63, 3.8) is 0 Å². The second-order valence-corrected chi connectivity index (χ2v) is 9.47. The molecule has 2 aromatic carbocycles. The van der Waals surface area contributed by atoms with Crippen molar-refractivity contribution in [2.24, 2.45) is 0 Å². The highest BCUT2D eigenvalue weighted by Crippen LogP contribution is 2.34. The van der Waals surface area contributed by atoms with Crippen molar-refractivity contribution in [2.45, 2.75) is 45.6 Å². The Kier molecular flexibility index (Phi) is 7.96. The van der Waals surface area contributed by atoms with E-state index >= 15 is 0 Å². The van der Waals surface area contributed by atoms with Crippen LogP contribution in [-0.4, -0.2) is 48.2 Å². The average Bonchev–Trinajstić information content (AvgIpc) is 3.20. The number of hydrogen-bond acceptors (Lipinski definition) is 3. The molecule has 180 valence electrons. The summed E-state index contributed by atoms with van der Waals surface area (Å²) in [5.74, 6) is 0.701. The first-order chi connectivity index (χ1) is 16.5. The lowest BCUT2D eigenvalue weighted by molar-refractivity contribution is 0.0948. The van der Waals surface area contributed by atoms with Gasteiger partial charge in [0, 0.05) is 29.8 Å². The number of carbonyl (C=O) groups is 1. The summed E-state index contributed by atoms with van der Waals surface area (Å²) in [4.78, 5) is 15.8. The molecule has 0 spiro atoms. The van der Waals surface area contributed by atoms with E-state index in [4.69, 9.17) is 16.3 Å². The van der Waals surface area contributed by atoms with Crippen LogP contribution in [0.15, 0.2) is 54.6 Å². The van der Waals surface area contributed by atoms with Crippen molar-refractivity contribution < 1.29 is 9.53 Å². The first kappa shape index (κ1) is 24.4. The smallest absolute Gasteiger partial charge is 0.253 e. The van der Waals surface area contributed by atoms with Gasteiger partial charge in [-0.05, 0) is 75.5 Å². The highest BCUT2D eigenvalue weighted by Gasteiger charge is 2.22. The fraction of sp³-hybridized carbons (Fsp3) is 0.393. The molecule has 5 nitrogen and oxygen atoms in total. The third-order valence-corrected chi connectivity index (χ3v) is 7.06. The van der Waals surface area contributed by atoms with Crippen LogP contribution >= 0.6 is 11.6 Å². The Balaban J connectivity index is 1.57. The van der Waals surface area contributed by atoms with Gasteiger partial charge in [0.05, 0.1) is 24.1 Å². The maximum absolute atomic E-state index is 13.2. The van der Waals surface area contributed by atoms with Gasteiger partial charge in [-0.1, -0.05) is 42.3 Å². The van der Waals surface area contributed by atoms with Gasteiger partial charge in [-0.2, -0.15) is 0 Å². The Morgan fingerprint density at radius 1 is 1.15 bits per heavy atom. The first-order valence-electron chi connectivity index (χ1n) is 12.1. The molecule has 1 saturated heterocycles. The van der Waals surface area contributed by atoms with Crippen LogP contribution in [0.1, 0.15) is 48.7 Å². The summed E-state index contributed by atoms with van der Waals surface area (Å²) in [6.07, 6.45) is 4.83. The standard InChI is InChI=1S/C28H34ClN3O2/c1-20-9-6-7-17-31(20)18-8-16-30-28(33)24-19-26(22-12-14-23(29)15-13-22)32(21(24)2)25-10-4-5-11-27(25)34-3/h4-5,10-15,19-20H,6-9,16-18H2,1-3H3,(H,30,33). The molecule has 1 aromatic heterocycles. The molecule has 1 atom stereocenters. The van der Waals surface area contributed by atoms with Gasteiger partial charge in [-0.15, -0.1) is 0 Å². The number of halogens is 1. The molecule has 1 aliphatic rings. The molecular weight excluding hydrogens is 446 g/mol. The van der Waals surface area contributed by atoms with Gasteiger partial charge in [-0.25, -0.2) is 0 Å². The topological polar surface area (TPSA) is 46.5 Å². The number of benzene rings is 2. The normalized spacial score (nSPS) is 16.4. The van der Waals surface area contributed by atoms with Gasteiger partial charge in [-0.3, -0.25) is 4.79 Å². The molecule has 0 aliphatic carbocycles. The lowest BCUT2D eigenvalue weighted by Gasteiger charge is -2.33. The van der Waals surface area contributed by atoms with Crippen LogP contribution in [-0.2, 0) is 0 Å². The summed E-state index contributed by atoms with van der Waals surface area (Å²) < 4.78 is 7.72. The second kappa shape index (κ2) is 11.1. The van der Waals surface area contributed by atoms with E-state index in [2.05, 4.69) is 21.7 Å². The number of likely N-dealkylation sites (tertiary alicyclic amines) is 1. The Hall–Kier alpha value is -2.76. The molecule has 4 rings (SSSR count). The molecule has 1 aliphatic heterocycles. The van der Waals surface area contributed by atoms with Crippen LogP contribution in [0.2, 0.25) is 5.02 Å². The van der Waals surface area contributed by atoms with Crippen molar-refractivity contribution in [1.29, 1.82) is 0 Å². The molecule has 1 amide bonds. The molecule has 2 heterocycles. The first-order valence-corrected chi connectivity index (χ1v) is 12.5. The van der Waals surface area contributed by atoms with Gasteiger partial charge >= 0.3 is 0 Å². The Morgan fingerprint density at radius 3 is 2.65 bits per heavy atom. The van der Waals surface area contributed by atoms with Crippen LogP contribution in [0.5, 0.6) is 5.75 Å². The molecule has 34 heavy (non-hydrogen) atoms. The van der Waals surface area contributed by atoms with Crippen molar-refractivity contribution in [2.75, 3.05) is 26.7 Å². The van der Waals surface area contributed by atoms with Crippen LogP contribution in [0.3, 0.4) is 0 Å². The van der Waals surface area contributed by atoms with Crippen molar-refractivity contribution in [3.8, 4) is 22.7 Å². The van der Waals surface area contributed by atoms with Crippen molar-refractivity contribution in [3.05, 3.63) is 70.9 Å². The fourth-order valence-electron chi connectivity index (χ4n) is 4.86. The fourth-order valence-corrected chi connectivity index (χ4v) is 4.99. The van der Waals surface area contributed by atoms with E-state index in [1.165, 1.54) is 25.8 Å². The quantitative estimate of drug-likeness (QED) is 0.396. The predicted octanol–water partition coefficient (Wildman–Crippen LogP) is 6.11. The van der Waals surface area contributed by atoms with Crippen LogP contribution in [0.4, 0.5) is 0 Å². The minimum atomic E-state index is -0.0481. The van der Waals surface area contributed by atoms with Gasteiger partial charge < -0.3 is 19.5 Å². The Bertz CT molecular complexity index is 1120. The summed E-state index contributed by atoms with van der Waals surface area (Å²) in [7, 11) is 1.66. The zero-order chi connectivity index (χ0) is 24.1. The lowest BCUT2D eigenvalue weighted by atomic mass is 10.0. The summed E-state index contributed by atoms with van der Waals surface area (Å²) in [5.41, 5.74) is 4.34. The van der Waals surface area contributed by atoms with E-state index in [1.54, 1.807) is 7.11 Å². The number of piperidine rings is 1. The third-order valence-electron chi connectivity index (χ3n) is 6.81. The van der Waals surface area contributed by atoms with Crippen LogP contribution in [0, 0.1) is 6.92 Å². The third kappa shape index (κ3) is 5.31. The molecule has 1 unspecified atom stereocenters. The van der Waals surface area contributed by atoms with Crippen molar-refractivity contribution >= 4 is 17.5 Å². The lowest BCUT2D eigenvalue weighted by Crippen LogP contribution is -2.39. The summed E-state index contributed by atoms with van der Waals surface area (Å²) in [5, 5.41) is 3.82. The minimum Gasteiger partial charge on any atom is -0.495 e. The zero-order valence-electron chi connectivity index (χ0n) is 20.3. The van der Waals surface area contributed by atoms with E-state index < -0.39 is 0 Å². The maximum atomic E-state index is 13.2. The largest absolute Gasteiger partial charge is 0.495 e. The predicted molar refractivity (Wildman–Crippen MR) is 139 cm³/mol. The van der Waals surface area contributed by atoms with Gasteiger partial charge in [0.1, 0.15) is 5.75 Å². The number of ether oxygens (including phenoxy) is 1. The minimum absolute atomic E-state index is 0.0481. The van der Waals surface area contributed by atoms with Crippen LogP contribution < -0.4 is 10.1 Å². The molecule has 6 heteroatoms. The van der Waals surface area contributed by atoms with E-state index in [-0.39, 0.29) is 5.91 Å². The van der Waals surface area contributed by atoms with E-state index in [0.29, 0.717) is 23.2 Å². The Labute approximate surface area is 207 Å². The summed E-state index contributed by atoms with van der Waals surface area (Å²) >= 11 is 6.13. The second-order valence-electron chi connectivity index (χ2n) is 9.03. The Morgan fingerprint density at radius 2 is 1.91 bits per heavy atom. The van der Waals surface area contributed by atoms with E-state index in [0.717, 1.165) is 41.4 Å². The molecular formula is C28H34ClN3O2. The molecule has 3 aromatic rings. The average molecular weight is 480 g/mol. The monoisotopic (exact) mass is 479 g/mol. The molecule has 0 radical (unpaired) electrons. The van der Waals surface area contributed by atoms with E-state index in [1.807, 2.05) is 61.5 Å². The summed E-state index contributed by atoms with van der Waals surface area (Å²) in [6.45, 7) is 7.15. The zero-order valence-corrected chi connectivity index (χ0v) is 21.1. The number of para-hydroxylation sites is 2. The highest BCUT2D eigenvalue weighted by molar-refractivity contribution is 6.30. The SMILES string of the molecule is COc1ccccc1-n1c(-c2ccc(Cl)cc2)cc(C(=O)NCCCN2CCCCC2C)c1C. The number of aromatic nitrogens is 1. The number of methoxy groups -OCH3 is 1. The number of nitrogens with zero attached hydrogens (tertiary/aromatic N) is 2.